The van der Waals surface area contributed by atoms with Gasteiger partial charge < -0.3 is 19.7 Å². The Bertz CT molecular complexity index is 1150. The molecule has 1 saturated heterocycles. The first kappa shape index (κ1) is 27.1. The van der Waals surface area contributed by atoms with Gasteiger partial charge in [-0.25, -0.2) is 0 Å². The second-order valence-electron chi connectivity index (χ2n) is 10.4. The molecule has 1 amide bonds. The van der Waals surface area contributed by atoms with E-state index in [0.717, 1.165) is 87.5 Å². The van der Waals surface area contributed by atoms with E-state index in [0.29, 0.717) is 23.1 Å². The van der Waals surface area contributed by atoms with Gasteiger partial charge in [-0.3, -0.25) is 14.5 Å². The molecule has 2 fully saturated rings. The minimum atomic E-state index is -0.345. The van der Waals surface area contributed by atoms with Gasteiger partial charge in [-0.15, -0.1) is 0 Å². The second-order valence-corrected chi connectivity index (χ2v) is 11.2. The molecule has 2 heterocycles. The molecule has 7 nitrogen and oxygen atoms in total. The van der Waals surface area contributed by atoms with E-state index >= 15 is 0 Å². The molecule has 1 saturated carbocycles. The Labute approximate surface area is 234 Å². The molecule has 2 aromatic rings. The lowest BCUT2D eigenvalue weighted by atomic mass is 9.85. The lowest BCUT2D eigenvalue weighted by Crippen LogP contribution is -2.46. The van der Waals surface area contributed by atoms with Gasteiger partial charge in [-0.2, -0.15) is 0 Å². The fourth-order valence-corrected chi connectivity index (χ4v) is 5.60. The van der Waals surface area contributed by atoms with Crippen molar-refractivity contribution < 1.29 is 19.1 Å². The minimum absolute atomic E-state index is 0.0261. The van der Waals surface area contributed by atoms with Crippen LogP contribution in [0.2, 0.25) is 10.0 Å². The summed E-state index contributed by atoms with van der Waals surface area (Å²) in [6, 6.07) is 11.6. The topological polar surface area (TPSA) is 71.1 Å². The summed E-state index contributed by atoms with van der Waals surface area (Å²) >= 11 is 12.6. The summed E-state index contributed by atoms with van der Waals surface area (Å²) in [4.78, 5) is 29.3. The summed E-state index contributed by atoms with van der Waals surface area (Å²) in [5.41, 5.74) is 2.84. The number of anilines is 2. The maximum Gasteiger partial charge on any atom is 0.308 e. The van der Waals surface area contributed by atoms with Crippen LogP contribution in [0.3, 0.4) is 0 Å². The van der Waals surface area contributed by atoms with Crippen LogP contribution in [-0.4, -0.2) is 62.7 Å². The van der Waals surface area contributed by atoms with Gasteiger partial charge in [0.2, 0.25) is 5.91 Å². The van der Waals surface area contributed by atoms with Crippen LogP contribution in [0.1, 0.15) is 37.7 Å². The van der Waals surface area contributed by atoms with E-state index in [1.54, 1.807) is 0 Å². The van der Waals surface area contributed by atoms with Crippen molar-refractivity contribution in [3.63, 3.8) is 0 Å². The van der Waals surface area contributed by atoms with Crippen LogP contribution in [0.4, 0.5) is 11.4 Å². The van der Waals surface area contributed by atoms with Crippen LogP contribution in [0, 0.1) is 11.8 Å². The first-order valence-corrected chi connectivity index (χ1v) is 14.4. The summed E-state index contributed by atoms with van der Waals surface area (Å²) < 4.78 is 11.4. The van der Waals surface area contributed by atoms with Gasteiger partial charge >= 0.3 is 5.97 Å². The standard InChI is InChI=1S/C29H35Cl2N3O4/c30-24-7-4-8-26(27(24)31)34-14-12-33(13-15-34)11-1-2-16-37-23-10-9-21-17-22(28(35)32-25(21)18-23)19-38-29(36)20-5-3-6-20/h4,7-10,18,20,22H,1-3,5-6,11-17,19H2,(H,32,35). The van der Waals surface area contributed by atoms with Crippen LogP contribution in [0.15, 0.2) is 36.4 Å². The Morgan fingerprint density at radius 2 is 1.87 bits per heavy atom. The van der Waals surface area contributed by atoms with Crippen LogP contribution in [0.5, 0.6) is 5.75 Å². The van der Waals surface area contributed by atoms with Crippen LogP contribution in [-0.2, 0) is 20.7 Å². The Morgan fingerprint density at radius 3 is 2.63 bits per heavy atom. The van der Waals surface area contributed by atoms with Crippen LogP contribution in [0.25, 0.3) is 0 Å². The van der Waals surface area contributed by atoms with Crippen LogP contribution < -0.4 is 15.0 Å². The zero-order chi connectivity index (χ0) is 26.5. The number of hydrogen-bond donors (Lipinski definition) is 1. The second kappa shape index (κ2) is 12.6. The molecule has 1 N–H and O–H groups in total. The highest BCUT2D eigenvalue weighted by atomic mass is 35.5. The average molecular weight is 561 g/mol. The number of fused-ring (bicyclic) bond motifs is 1. The van der Waals surface area contributed by atoms with Crippen molar-refractivity contribution in [2.24, 2.45) is 11.8 Å². The maximum absolute atomic E-state index is 12.6. The van der Waals surface area contributed by atoms with Crippen LogP contribution >= 0.6 is 23.2 Å². The molecule has 1 aliphatic carbocycles. The van der Waals surface area contributed by atoms with Gasteiger partial charge in [0.1, 0.15) is 12.4 Å². The van der Waals surface area contributed by atoms with Gasteiger partial charge in [0, 0.05) is 37.9 Å². The molecule has 0 aromatic heterocycles. The van der Waals surface area contributed by atoms with Crippen molar-refractivity contribution in [2.45, 2.75) is 38.5 Å². The first-order valence-electron chi connectivity index (χ1n) is 13.6. The number of esters is 1. The van der Waals surface area contributed by atoms with E-state index in [2.05, 4.69) is 15.1 Å². The van der Waals surface area contributed by atoms with E-state index in [1.165, 1.54) is 0 Å². The predicted molar refractivity (Wildman–Crippen MR) is 150 cm³/mol. The van der Waals surface area contributed by atoms with Gasteiger partial charge in [0.05, 0.1) is 34.2 Å². The smallest absolute Gasteiger partial charge is 0.308 e. The molecule has 2 aliphatic heterocycles. The van der Waals surface area contributed by atoms with Crippen molar-refractivity contribution in [1.29, 1.82) is 0 Å². The maximum atomic E-state index is 12.6. The first-order chi connectivity index (χ1) is 18.5. The molecule has 2 aromatic carbocycles. The quantitative estimate of drug-likeness (QED) is 0.309. The summed E-state index contributed by atoms with van der Waals surface area (Å²) in [6.07, 6.45) is 5.47. The molecule has 0 spiro atoms. The SMILES string of the molecule is O=C1Nc2cc(OCCCCN3CCN(c4cccc(Cl)c4Cl)CC3)ccc2CC1COC(=O)C1CCC1. The minimum Gasteiger partial charge on any atom is -0.494 e. The molecule has 1 unspecified atom stereocenters. The molecule has 204 valence electrons. The third-order valence-corrected chi connectivity index (χ3v) is 8.63. The monoisotopic (exact) mass is 559 g/mol. The summed E-state index contributed by atoms with van der Waals surface area (Å²) in [5, 5.41) is 4.19. The lowest BCUT2D eigenvalue weighted by Gasteiger charge is -2.36. The van der Waals surface area contributed by atoms with Crippen molar-refractivity contribution in [3.8, 4) is 5.75 Å². The van der Waals surface area contributed by atoms with Crippen molar-refractivity contribution in [1.82, 2.24) is 4.90 Å². The Kier molecular flexibility index (Phi) is 8.97. The fourth-order valence-electron chi connectivity index (χ4n) is 5.19. The number of carbonyl (C=O) groups excluding carboxylic acids is 2. The lowest BCUT2D eigenvalue weighted by molar-refractivity contribution is -0.153. The van der Waals surface area contributed by atoms with Gasteiger partial charge in [0.15, 0.2) is 0 Å². The average Bonchev–Trinajstić information content (AvgIpc) is 2.88. The number of benzene rings is 2. The van der Waals surface area contributed by atoms with Crippen molar-refractivity contribution in [3.05, 3.63) is 52.0 Å². The van der Waals surface area contributed by atoms with Crippen molar-refractivity contribution in [2.75, 3.05) is 56.2 Å². The third-order valence-electron chi connectivity index (χ3n) is 7.82. The van der Waals surface area contributed by atoms with Gasteiger partial charge in [0.25, 0.3) is 0 Å². The largest absolute Gasteiger partial charge is 0.494 e. The molecule has 3 aliphatic rings. The van der Waals surface area contributed by atoms with E-state index in [-0.39, 0.29) is 30.3 Å². The number of halogens is 2. The Morgan fingerprint density at radius 1 is 1.05 bits per heavy atom. The summed E-state index contributed by atoms with van der Waals surface area (Å²) in [5.74, 6) is 0.170. The highest BCUT2D eigenvalue weighted by Gasteiger charge is 2.31. The highest BCUT2D eigenvalue weighted by Crippen LogP contribution is 2.33. The molecule has 0 radical (unpaired) electrons. The molecule has 1 atom stereocenters. The molecule has 5 rings (SSSR count). The number of ether oxygens (including phenoxy) is 2. The number of piperazine rings is 1. The van der Waals surface area contributed by atoms with E-state index in [1.807, 2.05) is 36.4 Å². The van der Waals surface area contributed by atoms with Gasteiger partial charge in [-0.1, -0.05) is 41.8 Å². The number of nitrogens with one attached hydrogen (secondary N) is 1. The molecular weight excluding hydrogens is 525 g/mol. The van der Waals surface area contributed by atoms with Gasteiger partial charge in [-0.05, 0) is 62.4 Å². The van der Waals surface area contributed by atoms with E-state index < -0.39 is 0 Å². The number of nitrogens with zero attached hydrogens (tertiary/aromatic N) is 2. The zero-order valence-electron chi connectivity index (χ0n) is 21.6. The third kappa shape index (κ3) is 6.56. The predicted octanol–water partition coefficient (Wildman–Crippen LogP) is 5.43. The normalized spacial score (nSPS) is 19.9. The number of carbonyl (C=O) groups is 2. The Hall–Kier alpha value is -2.48. The van der Waals surface area contributed by atoms with E-state index in [4.69, 9.17) is 32.7 Å². The van der Waals surface area contributed by atoms with Crippen molar-refractivity contribution >= 4 is 46.5 Å². The summed E-state index contributed by atoms with van der Waals surface area (Å²) in [7, 11) is 0. The molecule has 9 heteroatoms. The number of hydrogen-bond acceptors (Lipinski definition) is 6. The highest BCUT2D eigenvalue weighted by molar-refractivity contribution is 6.43. The molecule has 0 bridgehead atoms. The fraction of sp³-hybridized carbons (Fsp3) is 0.517. The zero-order valence-corrected chi connectivity index (χ0v) is 23.1. The molecule has 38 heavy (non-hydrogen) atoms. The Balaban J connectivity index is 0.998. The number of rotatable bonds is 10. The van der Waals surface area contributed by atoms with E-state index in [9.17, 15) is 9.59 Å². The number of amides is 1. The molecular formula is C29H35Cl2N3O4. The number of unbranched alkanes of at least 4 members (excludes halogenated alkanes) is 1. The summed E-state index contributed by atoms with van der Waals surface area (Å²) in [6.45, 7) is 5.66.